The van der Waals surface area contributed by atoms with E-state index in [1.165, 1.54) is 5.56 Å². The van der Waals surface area contributed by atoms with Crippen molar-refractivity contribution in [1.29, 1.82) is 0 Å². The van der Waals surface area contributed by atoms with Crippen LogP contribution in [0.3, 0.4) is 0 Å². The van der Waals surface area contributed by atoms with Gasteiger partial charge in [-0.05, 0) is 37.0 Å². The zero-order valence-corrected chi connectivity index (χ0v) is 14.9. The second-order valence-corrected chi connectivity index (χ2v) is 5.04. The van der Waals surface area contributed by atoms with Crippen LogP contribution in [-0.2, 0) is 6.42 Å². The number of allylic oxidation sites excluding steroid dienone is 2. The first-order chi connectivity index (χ1) is 10.5. The van der Waals surface area contributed by atoms with Crippen molar-refractivity contribution in [3.63, 3.8) is 0 Å². The van der Waals surface area contributed by atoms with Gasteiger partial charge in [0.1, 0.15) is 0 Å². The summed E-state index contributed by atoms with van der Waals surface area (Å²) in [6.45, 7) is 19.1. The third-order valence-electron chi connectivity index (χ3n) is 3.18. The molecule has 0 amide bonds. The van der Waals surface area contributed by atoms with Gasteiger partial charge in [-0.1, -0.05) is 65.1 Å². The van der Waals surface area contributed by atoms with Crippen LogP contribution < -0.4 is 5.73 Å². The summed E-state index contributed by atoms with van der Waals surface area (Å²) in [5, 5.41) is 0. The molecule has 2 heteroatoms. The van der Waals surface area contributed by atoms with Crippen LogP contribution in [0.15, 0.2) is 54.9 Å². The molecule has 1 aromatic rings. The Hall–Kier alpha value is -1.96. The number of nitrogens with zero attached hydrogens (tertiary/aromatic N) is 1. The van der Waals surface area contributed by atoms with Gasteiger partial charge >= 0.3 is 0 Å². The quantitative estimate of drug-likeness (QED) is 0.689. The van der Waals surface area contributed by atoms with Crippen LogP contribution in [0.4, 0.5) is 0 Å². The molecule has 0 aliphatic carbocycles. The van der Waals surface area contributed by atoms with E-state index in [2.05, 4.69) is 56.2 Å². The Labute approximate surface area is 137 Å². The van der Waals surface area contributed by atoms with E-state index in [4.69, 9.17) is 5.73 Å². The summed E-state index contributed by atoms with van der Waals surface area (Å²) in [7, 11) is 0. The van der Waals surface area contributed by atoms with Crippen molar-refractivity contribution < 1.29 is 0 Å². The van der Waals surface area contributed by atoms with E-state index < -0.39 is 0 Å². The number of nitrogens with two attached hydrogens (primary N) is 1. The van der Waals surface area contributed by atoms with Crippen LogP contribution in [0, 0.1) is 0 Å². The van der Waals surface area contributed by atoms with Crippen molar-refractivity contribution >= 4 is 5.70 Å². The second-order valence-electron chi connectivity index (χ2n) is 5.04. The van der Waals surface area contributed by atoms with E-state index in [0.717, 1.165) is 36.3 Å². The summed E-state index contributed by atoms with van der Waals surface area (Å²) in [5.41, 5.74) is 10.9. The first kappa shape index (κ1) is 20.0. The van der Waals surface area contributed by atoms with Gasteiger partial charge in [0.2, 0.25) is 0 Å². The van der Waals surface area contributed by atoms with Crippen molar-refractivity contribution in [2.45, 2.75) is 47.5 Å². The summed E-state index contributed by atoms with van der Waals surface area (Å²) in [4.78, 5) is 2.19. The minimum atomic E-state index is 0.557. The number of hydrogen-bond acceptors (Lipinski definition) is 2. The highest BCUT2D eigenvalue weighted by atomic mass is 15.1. The largest absolute Gasteiger partial charge is 0.399 e. The fraction of sp³-hybridized carbons (Fsp3) is 0.400. The minimum Gasteiger partial charge on any atom is -0.399 e. The highest BCUT2D eigenvalue weighted by Gasteiger charge is 2.12. The summed E-state index contributed by atoms with van der Waals surface area (Å²) >= 11 is 0. The normalized spacial score (nSPS) is 10.5. The molecule has 0 aliphatic rings. The van der Waals surface area contributed by atoms with E-state index >= 15 is 0 Å². The summed E-state index contributed by atoms with van der Waals surface area (Å²) < 4.78 is 0. The molecule has 2 N–H and O–H groups in total. The monoisotopic (exact) mass is 300 g/mol. The molecule has 0 atom stereocenters. The molecular formula is C20H32N2. The SMILES string of the molecule is C=C(N)/C=C(/c1ccc(CC)cc1)N(CCC)C(=C)C.CC. The van der Waals surface area contributed by atoms with Crippen molar-refractivity contribution in [2.24, 2.45) is 5.73 Å². The Bertz CT molecular complexity index is 495. The van der Waals surface area contributed by atoms with Crippen molar-refractivity contribution in [3.05, 3.63) is 66.0 Å². The lowest BCUT2D eigenvalue weighted by Gasteiger charge is -2.28. The van der Waals surface area contributed by atoms with Crippen molar-refractivity contribution in [3.8, 4) is 0 Å². The van der Waals surface area contributed by atoms with Gasteiger partial charge in [0.15, 0.2) is 0 Å². The summed E-state index contributed by atoms with van der Waals surface area (Å²) in [6, 6.07) is 8.59. The first-order valence-electron chi connectivity index (χ1n) is 8.18. The van der Waals surface area contributed by atoms with Gasteiger partial charge in [0.05, 0.1) is 5.70 Å². The van der Waals surface area contributed by atoms with Crippen LogP contribution in [0.1, 0.15) is 52.2 Å². The lowest BCUT2D eigenvalue weighted by atomic mass is 10.1. The maximum absolute atomic E-state index is 5.79. The van der Waals surface area contributed by atoms with Crippen LogP contribution in [-0.4, -0.2) is 11.4 Å². The fourth-order valence-electron chi connectivity index (χ4n) is 2.14. The predicted octanol–water partition coefficient (Wildman–Crippen LogP) is 5.33. The standard InChI is InChI=1S/C18H26N2.C2H6/c1-6-12-20(14(3)4)18(13-15(5)19)17-10-8-16(7-2)9-11-17;1-2/h8-11,13H,3,5-7,12,19H2,1-2,4H3;1-2H3/b18-13-;. The fourth-order valence-corrected chi connectivity index (χ4v) is 2.14. The van der Waals surface area contributed by atoms with E-state index in [-0.39, 0.29) is 0 Å². The van der Waals surface area contributed by atoms with Gasteiger partial charge in [0.25, 0.3) is 0 Å². The maximum Gasteiger partial charge on any atom is 0.0501 e. The highest BCUT2D eigenvalue weighted by molar-refractivity contribution is 5.68. The maximum atomic E-state index is 5.79. The molecule has 0 spiro atoms. The molecule has 0 saturated carbocycles. The molecule has 0 fully saturated rings. The molecule has 0 unspecified atom stereocenters. The van der Waals surface area contributed by atoms with E-state index in [0.29, 0.717) is 5.70 Å². The zero-order chi connectivity index (χ0) is 17.1. The Morgan fingerprint density at radius 2 is 1.68 bits per heavy atom. The molecular weight excluding hydrogens is 268 g/mol. The summed E-state index contributed by atoms with van der Waals surface area (Å²) in [6.07, 6.45) is 4.02. The molecule has 0 heterocycles. The molecule has 1 rings (SSSR count). The first-order valence-corrected chi connectivity index (χ1v) is 8.18. The summed E-state index contributed by atoms with van der Waals surface area (Å²) in [5.74, 6) is 0. The Kier molecular flexibility index (Phi) is 9.77. The zero-order valence-electron chi connectivity index (χ0n) is 14.9. The Morgan fingerprint density at radius 3 is 2.05 bits per heavy atom. The van der Waals surface area contributed by atoms with Crippen LogP contribution in [0.25, 0.3) is 5.70 Å². The third kappa shape index (κ3) is 6.21. The van der Waals surface area contributed by atoms with Gasteiger partial charge in [-0.15, -0.1) is 0 Å². The van der Waals surface area contributed by atoms with Gasteiger partial charge in [0, 0.05) is 17.9 Å². The number of hydrogen-bond donors (Lipinski definition) is 1. The van der Waals surface area contributed by atoms with Gasteiger partial charge in [-0.3, -0.25) is 0 Å². The van der Waals surface area contributed by atoms with E-state index in [9.17, 15) is 0 Å². The molecule has 1 aromatic carbocycles. The topological polar surface area (TPSA) is 29.3 Å². The molecule has 122 valence electrons. The Morgan fingerprint density at radius 1 is 1.14 bits per heavy atom. The molecule has 0 radical (unpaired) electrons. The lowest BCUT2D eigenvalue weighted by Crippen LogP contribution is -2.21. The minimum absolute atomic E-state index is 0.557. The molecule has 22 heavy (non-hydrogen) atoms. The lowest BCUT2D eigenvalue weighted by molar-refractivity contribution is 0.487. The van der Waals surface area contributed by atoms with Gasteiger partial charge in [-0.2, -0.15) is 0 Å². The average molecular weight is 300 g/mol. The number of rotatable bonds is 7. The average Bonchev–Trinajstić information content (AvgIpc) is 2.52. The van der Waals surface area contributed by atoms with Gasteiger partial charge in [-0.25, -0.2) is 0 Å². The highest BCUT2D eigenvalue weighted by Crippen LogP contribution is 2.24. The van der Waals surface area contributed by atoms with E-state index in [1.54, 1.807) is 0 Å². The number of aryl methyl sites for hydroxylation is 1. The van der Waals surface area contributed by atoms with Crippen LogP contribution in [0.5, 0.6) is 0 Å². The third-order valence-corrected chi connectivity index (χ3v) is 3.18. The van der Waals surface area contributed by atoms with Crippen LogP contribution >= 0.6 is 0 Å². The predicted molar refractivity (Wildman–Crippen MR) is 100 cm³/mol. The van der Waals surface area contributed by atoms with Gasteiger partial charge < -0.3 is 10.6 Å². The number of benzene rings is 1. The molecule has 0 saturated heterocycles. The molecule has 2 nitrogen and oxygen atoms in total. The van der Waals surface area contributed by atoms with Crippen molar-refractivity contribution in [1.82, 2.24) is 4.90 Å². The van der Waals surface area contributed by atoms with Crippen LogP contribution in [0.2, 0.25) is 0 Å². The Balaban J connectivity index is 0.00000211. The van der Waals surface area contributed by atoms with E-state index in [1.807, 2.05) is 26.8 Å². The molecule has 0 aromatic heterocycles. The molecule has 0 bridgehead atoms. The van der Waals surface area contributed by atoms with Crippen molar-refractivity contribution in [2.75, 3.05) is 6.54 Å². The smallest absolute Gasteiger partial charge is 0.0501 e. The molecule has 0 aliphatic heterocycles. The second kappa shape index (κ2) is 10.7.